The number of aliphatic hydroxyl groups is 6. The Morgan fingerprint density at radius 2 is 1.27 bits per heavy atom. The molecule has 2 aliphatic rings. The fourth-order valence-corrected chi connectivity index (χ4v) is 4.49. The summed E-state index contributed by atoms with van der Waals surface area (Å²) in [6, 6.07) is 10.8. The zero-order valence-electron chi connectivity index (χ0n) is 20.0. The normalized spacial score (nSPS) is 34.7. The predicted octanol–water partition coefficient (Wildman–Crippen LogP) is -0.917. The molecule has 5 rings (SSSR count). The van der Waals surface area contributed by atoms with Crippen molar-refractivity contribution in [2.75, 3.05) is 6.61 Å². The molecule has 2 fully saturated rings. The molecule has 0 amide bonds. The van der Waals surface area contributed by atoms with Gasteiger partial charge in [-0.25, -0.2) is 9.97 Å². The number of nitrogens with zero attached hydrogens (tertiary/aromatic N) is 2. The molecule has 0 spiro atoms. The fourth-order valence-electron chi connectivity index (χ4n) is 4.49. The lowest BCUT2D eigenvalue weighted by atomic mass is 10.00. The van der Waals surface area contributed by atoms with Crippen LogP contribution in [0.1, 0.15) is 18.1 Å². The highest BCUT2D eigenvalue weighted by Gasteiger charge is 2.42. The molecule has 5 unspecified atom stereocenters. The second kappa shape index (κ2) is 10.8. The minimum absolute atomic E-state index is 0.0165. The van der Waals surface area contributed by atoms with E-state index in [1.165, 1.54) is 0 Å². The monoisotopic (exact) mass is 518 g/mol. The fraction of sp³-hybridized carbons (Fsp3) is 0.520. The molecule has 12 heteroatoms. The van der Waals surface area contributed by atoms with Crippen molar-refractivity contribution in [1.82, 2.24) is 9.97 Å². The lowest BCUT2D eigenvalue weighted by Crippen LogP contribution is -2.57. The summed E-state index contributed by atoms with van der Waals surface area (Å²) in [7, 11) is 0. The largest absolute Gasteiger partial charge is 0.388 e. The van der Waals surface area contributed by atoms with Crippen LogP contribution in [0.15, 0.2) is 36.4 Å². The number of aromatic nitrogens is 2. The molecule has 12 nitrogen and oxygen atoms in total. The molecule has 3 aromatic rings. The van der Waals surface area contributed by atoms with Gasteiger partial charge in [-0.05, 0) is 19.1 Å². The van der Waals surface area contributed by atoms with Gasteiger partial charge in [-0.1, -0.05) is 24.3 Å². The maximum atomic E-state index is 10.2. The van der Waals surface area contributed by atoms with Crippen LogP contribution >= 0.6 is 0 Å². The molecule has 2 saturated heterocycles. The summed E-state index contributed by atoms with van der Waals surface area (Å²) in [4.78, 5) is 9.50. The quantitative estimate of drug-likeness (QED) is 0.221. The van der Waals surface area contributed by atoms with Crippen molar-refractivity contribution in [2.45, 2.75) is 75.4 Å². The van der Waals surface area contributed by atoms with Gasteiger partial charge in [0.05, 0.1) is 48.0 Å². The van der Waals surface area contributed by atoms with Crippen molar-refractivity contribution in [3.05, 3.63) is 47.5 Å². The number of ether oxygens (including phenoxy) is 4. The molecule has 0 bridgehead atoms. The SMILES string of the molecule is CC1O[C@H](OCc2cccc3nc4c(CO[C@H]5OC[C@@H](O)C(O)C5O)cccc4nc23)C(O)C(O)[C@H]1O. The Hall–Kier alpha value is -2.36. The van der Waals surface area contributed by atoms with Gasteiger partial charge in [0.1, 0.15) is 36.6 Å². The zero-order chi connectivity index (χ0) is 26.3. The zero-order valence-corrected chi connectivity index (χ0v) is 20.0. The van der Waals surface area contributed by atoms with E-state index in [1.807, 2.05) is 0 Å². The number of hydrogen-bond donors (Lipinski definition) is 6. The first-order valence-electron chi connectivity index (χ1n) is 12.0. The van der Waals surface area contributed by atoms with Crippen molar-refractivity contribution in [1.29, 1.82) is 0 Å². The second-order valence-electron chi connectivity index (χ2n) is 9.35. The molecule has 200 valence electrons. The minimum atomic E-state index is -1.41. The van der Waals surface area contributed by atoms with Crippen molar-refractivity contribution in [2.24, 2.45) is 0 Å². The van der Waals surface area contributed by atoms with E-state index in [0.717, 1.165) is 0 Å². The highest BCUT2D eigenvalue weighted by Crippen LogP contribution is 2.26. The molecule has 9 atom stereocenters. The van der Waals surface area contributed by atoms with Crippen molar-refractivity contribution in [3.8, 4) is 0 Å². The number of aliphatic hydroxyl groups excluding tert-OH is 6. The van der Waals surface area contributed by atoms with Crippen molar-refractivity contribution < 1.29 is 49.6 Å². The standard InChI is InChI=1S/C25H30N2O10/c1-11-19(29)21(31)23(33)25(37-11)35-9-13-5-3-7-15-18(13)27-14-6-2-4-12(17(14)26-15)8-34-24-22(32)20(30)16(28)10-36-24/h2-7,11,16,19-25,28-33H,8-10H2,1H3/t11?,16-,19+,20?,21?,22?,23?,24+,25+/m1/s1. The molecule has 2 aliphatic heterocycles. The summed E-state index contributed by atoms with van der Waals surface area (Å²) in [5.41, 5.74) is 3.70. The molecule has 0 saturated carbocycles. The van der Waals surface area contributed by atoms with Crippen LogP contribution in [0.25, 0.3) is 22.1 Å². The Balaban J connectivity index is 1.35. The Kier molecular flexibility index (Phi) is 7.65. The first kappa shape index (κ1) is 26.3. The topological polar surface area (TPSA) is 184 Å². The van der Waals surface area contributed by atoms with Gasteiger partial charge in [0, 0.05) is 11.1 Å². The van der Waals surface area contributed by atoms with E-state index >= 15 is 0 Å². The van der Waals surface area contributed by atoms with Gasteiger partial charge in [0.2, 0.25) is 0 Å². The van der Waals surface area contributed by atoms with E-state index in [4.69, 9.17) is 28.9 Å². The first-order chi connectivity index (χ1) is 17.7. The summed E-state index contributed by atoms with van der Waals surface area (Å²) in [6.07, 6.45) is -10.9. The van der Waals surface area contributed by atoms with Crippen LogP contribution in [0.3, 0.4) is 0 Å². The van der Waals surface area contributed by atoms with E-state index in [2.05, 4.69) is 0 Å². The van der Waals surface area contributed by atoms with E-state index in [-0.39, 0.29) is 19.8 Å². The summed E-state index contributed by atoms with van der Waals surface area (Å²) < 4.78 is 22.2. The van der Waals surface area contributed by atoms with Crippen LogP contribution < -0.4 is 0 Å². The summed E-state index contributed by atoms with van der Waals surface area (Å²) >= 11 is 0. The van der Waals surface area contributed by atoms with Gasteiger partial charge in [-0.15, -0.1) is 0 Å². The molecule has 37 heavy (non-hydrogen) atoms. The molecule has 0 aliphatic carbocycles. The summed E-state index contributed by atoms with van der Waals surface area (Å²) in [6.45, 7) is 1.46. The second-order valence-corrected chi connectivity index (χ2v) is 9.35. The number of para-hydroxylation sites is 2. The minimum Gasteiger partial charge on any atom is -0.388 e. The lowest BCUT2D eigenvalue weighted by molar-refractivity contribution is -0.296. The average Bonchev–Trinajstić information content (AvgIpc) is 2.90. The van der Waals surface area contributed by atoms with Crippen molar-refractivity contribution >= 4 is 22.1 Å². The van der Waals surface area contributed by atoms with Gasteiger partial charge in [-0.3, -0.25) is 0 Å². The Labute approximate surface area is 211 Å². The van der Waals surface area contributed by atoms with Crippen LogP contribution in [0, 0.1) is 0 Å². The predicted molar refractivity (Wildman–Crippen MR) is 127 cm³/mol. The highest BCUT2D eigenvalue weighted by molar-refractivity contribution is 5.89. The van der Waals surface area contributed by atoms with Crippen LogP contribution in [0.2, 0.25) is 0 Å². The van der Waals surface area contributed by atoms with E-state index in [0.29, 0.717) is 33.2 Å². The molecule has 0 radical (unpaired) electrons. The van der Waals surface area contributed by atoms with Gasteiger partial charge in [0.25, 0.3) is 0 Å². The number of benzene rings is 2. The van der Waals surface area contributed by atoms with E-state index < -0.39 is 55.3 Å². The third-order valence-electron chi connectivity index (χ3n) is 6.73. The molecule has 1 aromatic heterocycles. The Bertz CT molecular complexity index is 1240. The van der Waals surface area contributed by atoms with Crippen LogP contribution in [-0.4, -0.2) is 103 Å². The first-order valence-corrected chi connectivity index (χ1v) is 12.0. The average molecular weight is 519 g/mol. The van der Waals surface area contributed by atoms with Gasteiger partial charge < -0.3 is 49.6 Å². The Morgan fingerprint density at radius 3 is 1.86 bits per heavy atom. The van der Waals surface area contributed by atoms with E-state index in [1.54, 1.807) is 43.3 Å². The molecule has 2 aromatic carbocycles. The van der Waals surface area contributed by atoms with Crippen LogP contribution in [0.5, 0.6) is 0 Å². The number of rotatable bonds is 6. The maximum Gasteiger partial charge on any atom is 0.186 e. The third kappa shape index (κ3) is 5.18. The Morgan fingerprint density at radius 1 is 0.730 bits per heavy atom. The van der Waals surface area contributed by atoms with Gasteiger partial charge >= 0.3 is 0 Å². The third-order valence-corrected chi connectivity index (χ3v) is 6.73. The lowest BCUT2D eigenvalue weighted by Gasteiger charge is -2.38. The van der Waals surface area contributed by atoms with Crippen LogP contribution in [-0.2, 0) is 32.2 Å². The molecular weight excluding hydrogens is 488 g/mol. The number of fused-ring (bicyclic) bond motifs is 2. The van der Waals surface area contributed by atoms with Gasteiger partial charge in [-0.2, -0.15) is 0 Å². The van der Waals surface area contributed by atoms with Gasteiger partial charge in [0.15, 0.2) is 12.6 Å². The molecule has 3 heterocycles. The van der Waals surface area contributed by atoms with E-state index in [9.17, 15) is 30.6 Å². The molecular formula is C25H30N2O10. The summed E-state index contributed by atoms with van der Waals surface area (Å²) in [5.74, 6) is 0. The van der Waals surface area contributed by atoms with Crippen molar-refractivity contribution in [3.63, 3.8) is 0 Å². The highest BCUT2D eigenvalue weighted by atomic mass is 16.7. The van der Waals surface area contributed by atoms with Crippen LogP contribution in [0.4, 0.5) is 0 Å². The summed E-state index contributed by atoms with van der Waals surface area (Å²) in [5, 5.41) is 59.7. The maximum absolute atomic E-state index is 10.2. The smallest absolute Gasteiger partial charge is 0.186 e. The number of hydrogen-bond acceptors (Lipinski definition) is 12. The molecule has 6 N–H and O–H groups in total.